The van der Waals surface area contributed by atoms with Gasteiger partial charge in [0.25, 0.3) is 0 Å². The molecule has 0 bridgehead atoms. The van der Waals surface area contributed by atoms with Gasteiger partial charge in [-0.2, -0.15) is 0 Å². The minimum absolute atomic E-state index is 0.0447. The number of ether oxygens (including phenoxy) is 2. The first kappa shape index (κ1) is 23.6. The molecule has 0 saturated heterocycles. The fourth-order valence-corrected chi connectivity index (χ4v) is 2.99. The second-order valence-electron chi connectivity index (χ2n) is 7.66. The van der Waals surface area contributed by atoms with E-state index in [1.54, 1.807) is 0 Å². The van der Waals surface area contributed by atoms with Crippen molar-refractivity contribution in [2.24, 2.45) is 0 Å². The Morgan fingerprint density at radius 2 is 1.63 bits per heavy atom. The summed E-state index contributed by atoms with van der Waals surface area (Å²) in [5.74, 6) is -0.0557. The SMILES string of the molecule is CC(CCCCCCCCOCc1ccccc1)OC(=O)CCCN(C)C. The number of hydrogen-bond donors (Lipinski definition) is 0. The second kappa shape index (κ2) is 15.6. The molecular weight excluding hydrogens is 338 g/mol. The Bertz CT molecular complexity index is 476. The standard InChI is InChI=1S/C23H39NO3/c1-21(27-23(25)17-13-18-24(2)3)14-9-6-4-5-7-12-19-26-20-22-15-10-8-11-16-22/h8,10-11,15-16,21H,4-7,9,12-14,17-20H2,1-3H3. The van der Waals surface area contributed by atoms with Gasteiger partial charge in [0.1, 0.15) is 0 Å². The molecule has 1 aromatic carbocycles. The summed E-state index contributed by atoms with van der Waals surface area (Å²) in [7, 11) is 4.04. The fraction of sp³-hybridized carbons (Fsp3) is 0.696. The van der Waals surface area contributed by atoms with Crippen molar-refractivity contribution in [3.8, 4) is 0 Å². The highest BCUT2D eigenvalue weighted by molar-refractivity contribution is 5.69. The molecule has 1 atom stereocenters. The fourth-order valence-electron chi connectivity index (χ4n) is 2.99. The molecule has 1 aromatic rings. The van der Waals surface area contributed by atoms with Crippen molar-refractivity contribution < 1.29 is 14.3 Å². The molecule has 0 saturated carbocycles. The molecule has 0 aliphatic carbocycles. The van der Waals surface area contributed by atoms with Crippen LogP contribution < -0.4 is 0 Å². The maximum Gasteiger partial charge on any atom is 0.306 e. The minimum Gasteiger partial charge on any atom is -0.463 e. The molecule has 1 unspecified atom stereocenters. The van der Waals surface area contributed by atoms with Crippen LogP contribution in [0.3, 0.4) is 0 Å². The molecule has 0 aromatic heterocycles. The van der Waals surface area contributed by atoms with Crippen LogP contribution in [0.2, 0.25) is 0 Å². The topological polar surface area (TPSA) is 38.8 Å². The molecule has 0 spiro atoms. The number of nitrogens with zero attached hydrogens (tertiary/aromatic N) is 1. The van der Waals surface area contributed by atoms with E-state index in [2.05, 4.69) is 17.0 Å². The summed E-state index contributed by atoms with van der Waals surface area (Å²) in [4.78, 5) is 13.8. The summed E-state index contributed by atoms with van der Waals surface area (Å²) in [6.07, 6.45) is 9.63. The Kier molecular flexibility index (Phi) is 13.7. The van der Waals surface area contributed by atoms with Crippen LogP contribution in [-0.4, -0.2) is 44.2 Å². The average molecular weight is 378 g/mol. The predicted molar refractivity (Wildman–Crippen MR) is 112 cm³/mol. The van der Waals surface area contributed by atoms with Gasteiger partial charge in [0, 0.05) is 13.0 Å². The third-order valence-corrected chi connectivity index (χ3v) is 4.58. The van der Waals surface area contributed by atoms with Crippen molar-refractivity contribution in [3.05, 3.63) is 35.9 Å². The van der Waals surface area contributed by atoms with Crippen molar-refractivity contribution in [1.29, 1.82) is 0 Å². The van der Waals surface area contributed by atoms with Crippen molar-refractivity contribution >= 4 is 5.97 Å². The van der Waals surface area contributed by atoms with Crippen molar-refractivity contribution in [1.82, 2.24) is 4.90 Å². The van der Waals surface area contributed by atoms with Crippen LogP contribution in [0.4, 0.5) is 0 Å². The second-order valence-corrected chi connectivity index (χ2v) is 7.66. The molecule has 0 N–H and O–H groups in total. The van der Waals surface area contributed by atoms with E-state index >= 15 is 0 Å². The van der Waals surface area contributed by atoms with Crippen molar-refractivity contribution in [2.75, 3.05) is 27.2 Å². The third kappa shape index (κ3) is 14.3. The van der Waals surface area contributed by atoms with Gasteiger partial charge in [-0.15, -0.1) is 0 Å². The third-order valence-electron chi connectivity index (χ3n) is 4.58. The summed E-state index contributed by atoms with van der Waals surface area (Å²) in [6.45, 7) is 4.50. The van der Waals surface area contributed by atoms with E-state index in [0.29, 0.717) is 13.0 Å². The zero-order chi connectivity index (χ0) is 19.7. The quantitative estimate of drug-likeness (QED) is 0.293. The van der Waals surface area contributed by atoms with Crippen LogP contribution in [0.5, 0.6) is 0 Å². The van der Waals surface area contributed by atoms with Gasteiger partial charge in [-0.1, -0.05) is 56.0 Å². The van der Waals surface area contributed by atoms with E-state index in [1.165, 1.54) is 31.2 Å². The maximum absolute atomic E-state index is 11.7. The van der Waals surface area contributed by atoms with Crippen LogP contribution in [0.25, 0.3) is 0 Å². The Morgan fingerprint density at radius 1 is 0.963 bits per heavy atom. The molecule has 0 amide bonds. The van der Waals surface area contributed by atoms with Crippen LogP contribution in [0, 0.1) is 0 Å². The van der Waals surface area contributed by atoms with Gasteiger partial charge >= 0.3 is 5.97 Å². The van der Waals surface area contributed by atoms with Crippen LogP contribution in [-0.2, 0) is 20.9 Å². The van der Waals surface area contributed by atoms with E-state index in [4.69, 9.17) is 9.47 Å². The van der Waals surface area contributed by atoms with Crippen molar-refractivity contribution in [2.45, 2.75) is 77.4 Å². The Balaban J connectivity index is 1.85. The first-order valence-electron chi connectivity index (χ1n) is 10.5. The van der Waals surface area contributed by atoms with Crippen LogP contribution in [0.1, 0.15) is 70.3 Å². The molecule has 0 heterocycles. The number of unbranched alkanes of at least 4 members (excludes halogenated alkanes) is 5. The highest BCUT2D eigenvalue weighted by atomic mass is 16.5. The van der Waals surface area contributed by atoms with E-state index in [1.807, 2.05) is 39.2 Å². The van der Waals surface area contributed by atoms with Gasteiger partial charge in [-0.3, -0.25) is 4.79 Å². The van der Waals surface area contributed by atoms with Gasteiger partial charge in [0.05, 0.1) is 12.7 Å². The van der Waals surface area contributed by atoms with Crippen molar-refractivity contribution in [3.63, 3.8) is 0 Å². The maximum atomic E-state index is 11.7. The zero-order valence-electron chi connectivity index (χ0n) is 17.6. The summed E-state index contributed by atoms with van der Waals surface area (Å²) < 4.78 is 11.2. The summed E-state index contributed by atoms with van der Waals surface area (Å²) in [5, 5.41) is 0. The molecule has 0 radical (unpaired) electrons. The van der Waals surface area contributed by atoms with Gasteiger partial charge in [-0.25, -0.2) is 0 Å². The number of carbonyl (C=O) groups excluding carboxylic acids is 1. The van der Waals surface area contributed by atoms with E-state index in [9.17, 15) is 4.79 Å². The van der Waals surface area contributed by atoms with Gasteiger partial charge < -0.3 is 14.4 Å². The summed E-state index contributed by atoms with van der Waals surface area (Å²) in [6, 6.07) is 10.3. The average Bonchev–Trinajstić information content (AvgIpc) is 2.63. The molecule has 0 fully saturated rings. The number of benzene rings is 1. The lowest BCUT2D eigenvalue weighted by Gasteiger charge is -2.14. The highest BCUT2D eigenvalue weighted by Crippen LogP contribution is 2.11. The first-order chi connectivity index (χ1) is 13.1. The van der Waals surface area contributed by atoms with Gasteiger partial charge in [0.2, 0.25) is 0 Å². The normalized spacial score (nSPS) is 12.3. The number of carbonyl (C=O) groups is 1. The lowest BCUT2D eigenvalue weighted by atomic mass is 10.1. The number of rotatable bonds is 16. The minimum atomic E-state index is -0.0557. The Labute approximate surface area is 166 Å². The van der Waals surface area contributed by atoms with E-state index in [0.717, 1.165) is 38.8 Å². The number of esters is 1. The summed E-state index contributed by atoms with van der Waals surface area (Å²) >= 11 is 0. The lowest BCUT2D eigenvalue weighted by Crippen LogP contribution is -2.18. The largest absolute Gasteiger partial charge is 0.463 e. The monoisotopic (exact) mass is 377 g/mol. The molecule has 4 nitrogen and oxygen atoms in total. The molecule has 4 heteroatoms. The Morgan fingerprint density at radius 3 is 2.33 bits per heavy atom. The molecule has 1 rings (SSSR count). The summed E-state index contributed by atoms with van der Waals surface area (Å²) in [5.41, 5.74) is 1.24. The molecule has 27 heavy (non-hydrogen) atoms. The highest BCUT2D eigenvalue weighted by Gasteiger charge is 2.09. The van der Waals surface area contributed by atoms with E-state index in [-0.39, 0.29) is 12.1 Å². The van der Waals surface area contributed by atoms with Crippen LogP contribution in [0.15, 0.2) is 30.3 Å². The zero-order valence-corrected chi connectivity index (χ0v) is 17.6. The molecule has 0 aliphatic heterocycles. The first-order valence-corrected chi connectivity index (χ1v) is 10.5. The molecule has 0 aliphatic rings. The Hall–Kier alpha value is -1.39. The smallest absolute Gasteiger partial charge is 0.306 e. The van der Waals surface area contributed by atoms with Gasteiger partial charge in [0.15, 0.2) is 0 Å². The number of hydrogen-bond acceptors (Lipinski definition) is 4. The predicted octanol–water partition coefficient (Wildman–Crippen LogP) is 5.21. The van der Waals surface area contributed by atoms with Gasteiger partial charge in [-0.05, 0) is 58.8 Å². The van der Waals surface area contributed by atoms with E-state index < -0.39 is 0 Å². The lowest BCUT2D eigenvalue weighted by molar-refractivity contribution is -0.148. The van der Waals surface area contributed by atoms with Crippen LogP contribution >= 0.6 is 0 Å². The molecule has 154 valence electrons. The molecular formula is C23H39NO3.